The van der Waals surface area contributed by atoms with Gasteiger partial charge in [-0.25, -0.2) is 9.97 Å². The molecule has 4 aromatic rings. The van der Waals surface area contributed by atoms with Crippen LogP contribution in [0.3, 0.4) is 0 Å². The Morgan fingerprint density at radius 2 is 1.48 bits per heavy atom. The molecule has 0 fully saturated rings. The van der Waals surface area contributed by atoms with Crippen molar-refractivity contribution >= 4 is 16.6 Å². The van der Waals surface area contributed by atoms with Gasteiger partial charge in [-0.2, -0.15) is 5.26 Å². The molecule has 2 aromatic carbocycles. The summed E-state index contributed by atoms with van der Waals surface area (Å²) in [6, 6.07) is 18.1. The van der Waals surface area contributed by atoms with Gasteiger partial charge in [0, 0.05) is 54.1 Å². The molecular formula is C26H25N5. The van der Waals surface area contributed by atoms with Crippen LogP contribution < -0.4 is 4.90 Å². The van der Waals surface area contributed by atoms with Crippen molar-refractivity contribution in [3.63, 3.8) is 0 Å². The fraction of sp³-hybridized carbons (Fsp3) is 0.231. The summed E-state index contributed by atoms with van der Waals surface area (Å²) in [4.78, 5) is 16.5. The maximum Gasteiger partial charge on any atom is 0.135 e. The van der Waals surface area contributed by atoms with Gasteiger partial charge in [0.2, 0.25) is 0 Å². The summed E-state index contributed by atoms with van der Waals surface area (Å²) in [5.41, 5.74) is 6.24. The van der Waals surface area contributed by atoms with Gasteiger partial charge in [0.1, 0.15) is 5.82 Å². The van der Waals surface area contributed by atoms with E-state index in [9.17, 15) is 0 Å². The maximum absolute atomic E-state index is 9.15. The first-order valence-electron chi connectivity index (χ1n) is 10.2. The lowest BCUT2D eigenvalue weighted by Gasteiger charge is -2.20. The van der Waals surface area contributed by atoms with Crippen molar-refractivity contribution in [1.82, 2.24) is 15.0 Å². The second-order valence-electron chi connectivity index (χ2n) is 8.86. The molecule has 0 aliphatic rings. The Balaban J connectivity index is 1.98. The normalized spacial score (nSPS) is 11.4. The first kappa shape index (κ1) is 20.5. The molecule has 154 valence electrons. The van der Waals surface area contributed by atoms with Crippen LogP contribution in [0.4, 0.5) is 5.69 Å². The number of anilines is 1. The predicted octanol–water partition coefficient (Wildman–Crippen LogP) is 5.59. The van der Waals surface area contributed by atoms with Gasteiger partial charge in [-0.05, 0) is 29.8 Å². The maximum atomic E-state index is 9.15. The number of rotatable bonds is 3. The predicted molar refractivity (Wildman–Crippen MR) is 126 cm³/mol. The minimum absolute atomic E-state index is 0.217. The van der Waals surface area contributed by atoms with Gasteiger partial charge in [-0.3, -0.25) is 4.98 Å². The number of hydrogen-bond acceptors (Lipinski definition) is 5. The monoisotopic (exact) mass is 407 g/mol. The summed E-state index contributed by atoms with van der Waals surface area (Å²) in [5, 5.41) is 10.0. The highest BCUT2D eigenvalue weighted by Crippen LogP contribution is 2.34. The molecule has 0 saturated heterocycles. The van der Waals surface area contributed by atoms with Crippen molar-refractivity contribution in [2.24, 2.45) is 0 Å². The quantitative estimate of drug-likeness (QED) is 0.443. The lowest BCUT2D eigenvalue weighted by atomic mass is 9.94. The van der Waals surface area contributed by atoms with Gasteiger partial charge in [0.25, 0.3) is 0 Å². The second-order valence-corrected chi connectivity index (χ2v) is 8.86. The average Bonchev–Trinajstić information content (AvgIpc) is 2.77. The Kier molecular flexibility index (Phi) is 5.16. The zero-order valence-corrected chi connectivity index (χ0v) is 18.5. The molecule has 0 N–H and O–H groups in total. The van der Waals surface area contributed by atoms with E-state index >= 15 is 0 Å². The number of benzene rings is 2. The molecule has 2 heterocycles. The van der Waals surface area contributed by atoms with Gasteiger partial charge in [0.05, 0.1) is 22.8 Å². The fourth-order valence-corrected chi connectivity index (χ4v) is 3.45. The molecular weight excluding hydrogens is 382 g/mol. The molecule has 0 aliphatic heterocycles. The Morgan fingerprint density at radius 3 is 2.06 bits per heavy atom. The molecule has 0 radical (unpaired) electrons. The van der Waals surface area contributed by atoms with Crippen LogP contribution in [0.5, 0.6) is 0 Å². The van der Waals surface area contributed by atoms with Crippen LogP contribution in [0.1, 0.15) is 32.2 Å². The van der Waals surface area contributed by atoms with Crippen molar-refractivity contribution in [3.05, 3.63) is 72.3 Å². The fourth-order valence-electron chi connectivity index (χ4n) is 3.45. The van der Waals surface area contributed by atoms with Crippen LogP contribution in [0, 0.1) is 11.3 Å². The molecule has 5 nitrogen and oxygen atoms in total. The van der Waals surface area contributed by atoms with E-state index in [0.717, 1.165) is 44.8 Å². The van der Waals surface area contributed by atoms with E-state index in [0.29, 0.717) is 5.56 Å². The third-order valence-corrected chi connectivity index (χ3v) is 5.26. The number of nitrogens with zero attached hydrogens (tertiary/aromatic N) is 5. The average molecular weight is 408 g/mol. The van der Waals surface area contributed by atoms with Gasteiger partial charge in [-0.15, -0.1) is 0 Å². The van der Waals surface area contributed by atoms with Crippen molar-refractivity contribution < 1.29 is 0 Å². The SMILES string of the molecule is CN(C)c1ccc(-c2cncc3c(-c4ccc(C#N)cc4)nc(C(C)(C)C)nc23)cc1. The molecule has 2 aromatic heterocycles. The van der Waals surface area contributed by atoms with E-state index in [1.165, 1.54) is 0 Å². The van der Waals surface area contributed by atoms with Crippen LogP contribution in [0.2, 0.25) is 0 Å². The van der Waals surface area contributed by atoms with Crippen molar-refractivity contribution in [3.8, 4) is 28.5 Å². The minimum atomic E-state index is -0.217. The Bertz CT molecular complexity index is 1280. The van der Waals surface area contributed by atoms with Crippen LogP contribution in [0.25, 0.3) is 33.3 Å². The molecule has 0 amide bonds. The standard InChI is InChI=1S/C26H25N5/c1-26(2,3)25-29-23(19-8-6-17(14-27)7-9-19)22-16-28-15-21(24(22)30-25)18-10-12-20(13-11-18)31(4)5/h6-13,15-16H,1-5H3. The van der Waals surface area contributed by atoms with Crippen LogP contribution in [0.15, 0.2) is 60.9 Å². The molecule has 0 unspecified atom stereocenters. The number of pyridine rings is 1. The van der Waals surface area contributed by atoms with Gasteiger partial charge in [-0.1, -0.05) is 45.0 Å². The summed E-state index contributed by atoms with van der Waals surface area (Å²) in [6.07, 6.45) is 3.70. The minimum Gasteiger partial charge on any atom is -0.378 e. The van der Waals surface area contributed by atoms with Crippen LogP contribution >= 0.6 is 0 Å². The summed E-state index contributed by atoms with van der Waals surface area (Å²) in [6.45, 7) is 6.34. The summed E-state index contributed by atoms with van der Waals surface area (Å²) in [7, 11) is 4.06. The van der Waals surface area contributed by atoms with E-state index in [2.05, 4.69) is 61.0 Å². The van der Waals surface area contributed by atoms with Crippen LogP contribution in [-0.4, -0.2) is 29.0 Å². The first-order valence-corrected chi connectivity index (χ1v) is 10.2. The van der Waals surface area contributed by atoms with E-state index in [1.807, 2.05) is 50.8 Å². The number of aromatic nitrogens is 3. The van der Waals surface area contributed by atoms with E-state index < -0.39 is 0 Å². The highest BCUT2D eigenvalue weighted by Gasteiger charge is 2.22. The smallest absolute Gasteiger partial charge is 0.135 e. The zero-order chi connectivity index (χ0) is 22.2. The third kappa shape index (κ3) is 3.97. The lowest BCUT2D eigenvalue weighted by Crippen LogP contribution is -2.17. The first-order chi connectivity index (χ1) is 14.8. The van der Waals surface area contributed by atoms with Gasteiger partial charge in [0.15, 0.2) is 0 Å². The molecule has 4 rings (SSSR count). The van der Waals surface area contributed by atoms with Crippen molar-refractivity contribution in [2.75, 3.05) is 19.0 Å². The van der Waals surface area contributed by atoms with Crippen molar-refractivity contribution in [1.29, 1.82) is 5.26 Å². The summed E-state index contributed by atoms with van der Waals surface area (Å²) >= 11 is 0. The summed E-state index contributed by atoms with van der Waals surface area (Å²) < 4.78 is 0. The number of hydrogen-bond donors (Lipinski definition) is 0. The lowest BCUT2D eigenvalue weighted by molar-refractivity contribution is 0.549. The van der Waals surface area contributed by atoms with E-state index in [-0.39, 0.29) is 5.41 Å². The molecule has 0 aliphatic carbocycles. The summed E-state index contributed by atoms with van der Waals surface area (Å²) in [5.74, 6) is 0.775. The topological polar surface area (TPSA) is 65.7 Å². The number of nitriles is 1. The molecule has 0 bridgehead atoms. The third-order valence-electron chi connectivity index (χ3n) is 5.26. The largest absolute Gasteiger partial charge is 0.378 e. The molecule has 31 heavy (non-hydrogen) atoms. The zero-order valence-electron chi connectivity index (χ0n) is 18.5. The molecule has 0 saturated carbocycles. The van der Waals surface area contributed by atoms with E-state index in [4.69, 9.17) is 15.2 Å². The Labute approximate surface area is 183 Å². The molecule has 0 spiro atoms. The highest BCUT2D eigenvalue weighted by molar-refractivity contribution is 6.00. The van der Waals surface area contributed by atoms with Gasteiger partial charge >= 0.3 is 0 Å². The second kappa shape index (κ2) is 7.81. The Morgan fingerprint density at radius 1 is 0.839 bits per heavy atom. The Hall–Kier alpha value is -3.78. The highest BCUT2D eigenvalue weighted by atomic mass is 15.1. The number of fused-ring (bicyclic) bond motifs is 1. The van der Waals surface area contributed by atoms with Gasteiger partial charge < -0.3 is 4.90 Å². The van der Waals surface area contributed by atoms with Crippen molar-refractivity contribution in [2.45, 2.75) is 26.2 Å². The molecule has 5 heteroatoms. The van der Waals surface area contributed by atoms with Crippen LogP contribution in [-0.2, 0) is 5.41 Å². The van der Waals surface area contributed by atoms with E-state index in [1.54, 1.807) is 0 Å². The molecule has 0 atom stereocenters.